The number of imidazole rings is 1. The molecular weight excluding hydrogens is 763 g/mol. The zero-order valence-electron chi connectivity index (χ0n) is 34.0. The molecule has 20 nitrogen and oxygen atoms in total. The number of allylic oxidation sites excluding steroid dienone is 1. The highest BCUT2D eigenvalue weighted by Gasteiger charge is 2.22. The lowest BCUT2D eigenvalue weighted by Crippen LogP contribution is -2.35. The number of carbonyl (C=O) groups excluding carboxylic acids is 4. The maximum Gasteiger partial charge on any atom is 0.407 e. The molecule has 0 spiro atoms. The third-order valence-electron chi connectivity index (χ3n) is 8.22. The number of hydrogen-bond donors (Lipinski definition) is 8. The largest absolute Gasteiger partial charge is 0.494 e. The van der Waals surface area contributed by atoms with Crippen molar-refractivity contribution in [1.82, 2.24) is 29.7 Å². The Morgan fingerprint density at radius 3 is 2.31 bits per heavy atom. The smallest absolute Gasteiger partial charge is 0.407 e. The Balaban J connectivity index is 1.46. The third-order valence-corrected chi connectivity index (χ3v) is 8.22. The van der Waals surface area contributed by atoms with Gasteiger partial charge in [0.2, 0.25) is 17.8 Å². The predicted molar refractivity (Wildman–Crippen MR) is 224 cm³/mol. The number of anilines is 3. The number of nitrogens with zero attached hydrogens (tertiary/aromatic N) is 5. The van der Waals surface area contributed by atoms with Crippen LogP contribution in [0.4, 0.5) is 22.1 Å². The Hall–Kier alpha value is -7.22. The Kier molecular flexibility index (Phi) is 14.9. The SMILES string of the molecule is CCn1nc(C)cc1C(=O)Nc1nc2cc(C(N)=O)cc(OC)c2n1C/C=C/CNc1c(N)cc(C(N)=O)cc1OC/C=C/CN(N)/C=C(\N)CNC(=O)OC(C)(C)C. The van der Waals surface area contributed by atoms with Crippen LogP contribution in [0.25, 0.3) is 11.0 Å². The van der Waals surface area contributed by atoms with E-state index in [0.29, 0.717) is 46.1 Å². The molecule has 0 atom stereocenters. The number of benzene rings is 2. The number of fused-ring (bicyclic) bond motifs is 1. The van der Waals surface area contributed by atoms with Crippen LogP contribution in [0.3, 0.4) is 0 Å². The Labute approximate surface area is 341 Å². The second-order valence-electron chi connectivity index (χ2n) is 14.1. The summed E-state index contributed by atoms with van der Waals surface area (Å²) in [6.45, 7) is 10.3. The van der Waals surface area contributed by atoms with Gasteiger partial charge in [-0.3, -0.25) is 24.4 Å². The molecule has 0 fully saturated rings. The van der Waals surface area contributed by atoms with Crippen LogP contribution in [-0.4, -0.2) is 87.1 Å². The van der Waals surface area contributed by atoms with Crippen molar-refractivity contribution >= 4 is 52.2 Å². The summed E-state index contributed by atoms with van der Waals surface area (Å²) >= 11 is 0. The van der Waals surface area contributed by atoms with E-state index in [9.17, 15) is 19.2 Å². The fourth-order valence-corrected chi connectivity index (χ4v) is 5.64. The lowest BCUT2D eigenvalue weighted by atomic mass is 10.1. The van der Waals surface area contributed by atoms with Crippen LogP contribution in [-0.2, 0) is 17.8 Å². The van der Waals surface area contributed by atoms with Crippen molar-refractivity contribution in [3.05, 3.63) is 89.0 Å². The van der Waals surface area contributed by atoms with Gasteiger partial charge in [-0.05, 0) is 71.0 Å². The average Bonchev–Trinajstić information content (AvgIpc) is 3.72. The number of alkyl carbamates (subject to hydrolysis) is 1. The van der Waals surface area contributed by atoms with Crippen LogP contribution in [0.15, 0.2) is 66.5 Å². The number of hydrogen-bond acceptors (Lipinski definition) is 14. The van der Waals surface area contributed by atoms with E-state index in [1.54, 1.807) is 55.2 Å². The summed E-state index contributed by atoms with van der Waals surface area (Å²) in [6.07, 6.45) is 7.97. The Bertz CT molecular complexity index is 2270. The summed E-state index contributed by atoms with van der Waals surface area (Å²) in [5.41, 5.74) is 26.0. The highest BCUT2D eigenvalue weighted by molar-refractivity contribution is 6.04. The van der Waals surface area contributed by atoms with Gasteiger partial charge < -0.3 is 57.4 Å². The number of rotatable bonds is 19. The second kappa shape index (κ2) is 19.8. The van der Waals surface area contributed by atoms with E-state index in [2.05, 4.69) is 26.0 Å². The van der Waals surface area contributed by atoms with Crippen molar-refractivity contribution in [1.29, 1.82) is 0 Å². The first-order valence-corrected chi connectivity index (χ1v) is 18.5. The van der Waals surface area contributed by atoms with Crippen LogP contribution in [0.1, 0.15) is 64.6 Å². The summed E-state index contributed by atoms with van der Waals surface area (Å²) in [7, 11) is 1.46. The lowest BCUT2D eigenvalue weighted by molar-refractivity contribution is 0.0531. The number of nitrogens with one attached hydrogen (secondary N) is 3. The molecule has 4 rings (SSSR count). The molecule has 4 amide bonds. The molecule has 4 aromatic rings. The molecule has 2 heterocycles. The van der Waals surface area contributed by atoms with Crippen LogP contribution >= 0.6 is 0 Å². The number of hydrazine groups is 1. The van der Waals surface area contributed by atoms with Crippen molar-refractivity contribution in [2.24, 2.45) is 23.0 Å². The molecule has 0 aliphatic heterocycles. The topological polar surface area (TPSA) is 301 Å². The Morgan fingerprint density at radius 2 is 1.64 bits per heavy atom. The molecule has 0 saturated heterocycles. The van der Waals surface area contributed by atoms with Gasteiger partial charge in [0.1, 0.15) is 40.6 Å². The van der Waals surface area contributed by atoms with Crippen molar-refractivity contribution < 1.29 is 33.4 Å². The Morgan fingerprint density at radius 1 is 0.949 bits per heavy atom. The summed E-state index contributed by atoms with van der Waals surface area (Å²) in [5, 5.41) is 14.3. The van der Waals surface area contributed by atoms with E-state index in [-0.39, 0.29) is 61.3 Å². The molecule has 2 aromatic heterocycles. The minimum Gasteiger partial charge on any atom is -0.494 e. The van der Waals surface area contributed by atoms with Crippen LogP contribution < -0.4 is 54.2 Å². The highest BCUT2D eigenvalue weighted by atomic mass is 16.6. The van der Waals surface area contributed by atoms with Crippen molar-refractivity contribution in [3.63, 3.8) is 0 Å². The minimum atomic E-state index is -0.684. The van der Waals surface area contributed by atoms with E-state index in [1.165, 1.54) is 42.6 Å². The van der Waals surface area contributed by atoms with Gasteiger partial charge in [0, 0.05) is 42.7 Å². The number of aryl methyl sites for hydroxylation is 2. The summed E-state index contributed by atoms with van der Waals surface area (Å²) in [6, 6.07) is 7.66. The van der Waals surface area contributed by atoms with Crippen molar-refractivity contribution in [3.8, 4) is 11.5 Å². The fourth-order valence-electron chi connectivity index (χ4n) is 5.64. The number of nitrogen functional groups attached to an aromatic ring is 1. The van der Waals surface area contributed by atoms with E-state index in [1.807, 2.05) is 19.1 Å². The normalized spacial score (nSPS) is 11.9. The van der Waals surface area contributed by atoms with Gasteiger partial charge >= 0.3 is 6.09 Å². The number of carbonyl (C=O) groups is 4. The first-order valence-electron chi connectivity index (χ1n) is 18.5. The number of primary amides is 2. The summed E-state index contributed by atoms with van der Waals surface area (Å²) in [4.78, 5) is 54.0. The molecule has 0 saturated carbocycles. The average molecular weight is 816 g/mol. The molecule has 2 aromatic carbocycles. The molecule has 0 aliphatic rings. The monoisotopic (exact) mass is 815 g/mol. The van der Waals surface area contributed by atoms with Crippen LogP contribution in [0.5, 0.6) is 11.5 Å². The number of amides is 4. The standard InChI is InChI=1S/C39H53N13O7/c1-7-52-29(16-23(2)49-52)36(55)48-37-47-28-18-25(35(43)54)20-31(57-6)33(28)51(37)14-9-8-12-45-32-27(41)17-24(34(42)53)19-30(32)58-15-11-10-13-50(44)22-26(40)21-46-38(56)59-39(3,4)5/h8-11,16-20,22,45H,7,12-15,21,40-41,44H2,1-6H3,(H2,42,53)(H2,43,54)(H,46,56)(H,47,48,55)/b9-8+,11-10+,26-22-. The first-order chi connectivity index (χ1) is 27.9. The highest BCUT2D eigenvalue weighted by Crippen LogP contribution is 2.33. The molecule has 20 heteroatoms. The zero-order valence-corrected chi connectivity index (χ0v) is 34.0. The molecule has 0 bridgehead atoms. The van der Waals surface area contributed by atoms with Gasteiger partial charge in [-0.1, -0.05) is 18.2 Å². The van der Waals surface area contributed by atoms with E-state index >= 15 is 0 Å². The van der Waals surface area contributed by atoms with Crippen molar-refractivity contribution in [2.75, 3.05) is 49.7 Å². The number of aromatic nitrogens is 4. The molecule has 13 N–H and O–H groups in total. The van der Waals surface area contributed by atoms with Gasteiger partial charge in [0.15, 0.2) is 0 Å². The molecular formula is C39H53N13O7. The van der Waals surface area contributed by atoms with E-state index in [4.69, 9.17) is 43.0 Å². The third kappa shape index (κ3) is 12.4. The molecule has 59 heavy (non-hydrogen) atoms. The molecule has 0 radical (unpaired) electrons. The summed E-state index contributed by atoms with van der Waals surface area (Å²) in [5.74, 6) is 5.05. The number of ether oxygens (including phenoxy) is 3. The van der Waals surface area contributed by atoms with Crippen LogP contribution in [0.2, 0.25) is 0 Å². The van der Waals surface area contributed by atoms with Gasteiger partial charge in [0.05, 0.1) is 37.1 Å². The van der Waals surface area contributed by atoms with Gasteiger partial charge in [-0.25, -0.2) is 15.6 Å². The van der Waals surface area contributed by atoms with Gasteiger partial charge in [-0.2, -0.15) is 5.10 Å². The maximum atomic E-state index is 13.4. The fraction of sp³-hybridized carbons (Fsp3) is 0.333. The van der Waals surface area contributed by atoms with Gasteiger partial charge in [0.25, 0.3) is 5.91 Å². The van der Waals surface area contributed by atoms with Crippen molar-refractivity contribution in [2.45, 2.75) is 53.3 Å². The quantitative estimate of drug-likeness (QED) is 0.0292. The van der Waals surface area contributed by atoms with Crippen LogP contribution in [0, 0.1) is 6.92 Å². The van der Waals surface area contributed by atoms with E-state index < -0.39 is 29.4 Å². The number of nitrogens with two attached hydrogens (primary N) is 5. The number of methoxy groups -OCH3 is 1. The van der Waals surface area contributed by atoms with Gasteiger partial charge in [-0.15, -0.1) is 0 Å². The second-order valence-corrected chi connectivity index (χ2v) is 14.1. The summed E-state index contributed by atoms with van der Waals surface area (Å²) < 4.78 is 20.1. The molecule has 0 aliphatic carbocycles. The maximum absolute atomic E-state index is 13.4. The molecule has 0 unspecified atom stereocenters. The predicted octanol–water partition coefficient (Wildman–Crippen LogP) is 2.71. The lowest BCUT2D eigenvalue weighted by Gasteiger charge is -2.20. The first kappa shape index (κ1) is 44.5. The molecule has 316 valence electrons. The minimum absolute atomic E-state index is 0.0400. The zero-order chi connectivity index (χ0) is 43.4. The van der Waals surface area contributed by atoms with E-state index in [0.717, 1.165) is 0 Å².